The second kappa shape index (κ2) is 59.1. The molecule has 0 aromatic rings. The Balaban J connectivity index is 5.20. The molecular formula is C68H132O17P2. The molecule has 19 heteroatoms. The topological polar surface area (TPSA) is 237 Å². The zero-order valence-electron chi connectivity index (χ0n) is 56.5. The smallest absolute Gasteiger partial charge is 0.462 e. The van der Waals surface area contributed by atoms with Crippen molar-refractivity contribution in [2.45, 2.75) is 356 Å². The van der Waals surface area contributed by atoms with Gasteiger partial charge in [0.15, 0.2) is 12.2 Å². The van der Waals surface area contributed by atoms with E-state index in [9.17, 15) is 43.2 Å². The molecule has 0 aromatic heterocycles. The molecule has 87 heavy (non-hydrogen) atoms. The third kappa shape index (κ3) is 60.1. The van der Waals surface area contributed by atoms with Crippen molar-refractivity contribution in [3.8, 4) is 0 Å². The van der Waals surface area contributed by atoms with Gasteiger partial charge in [0.25, 0.3) is 0 Å². The molecule has 516 valence electrons. The van der Waals surface area contributed by atoms with Crippen molar-refractivity contribution >= 4 is 39.5 Å². The van der Waals surface area contributed by atoms with E-state index in [1.54, 1.807) is 0 Å². The number of hydrogen-bond acceptors (Lipinski definition) is 15. The lowest BCUT2D eigenvalue weighted by molar-refractivity contribution is -0.161. The fourth-order valence-corrected chi connectivity index (χ4v) is 11.7. The number of ether oxygens (including phenoxy) is 4. The highest BCUT2D eigenvalue weighted by Crippen LogP contribution is 2.45. The van der Waals surface area contributed by atoms with Crippen LogP contribution < -0.4 is 0 Å². The van der Waals surface area contributed by atoms with Crippen LogP contribution in [0.25, 0.3) is 0 Å². The van der Waals surface area contributed by atoms with Gasteiger partial charge in [-0.05, 0) is 43.4 Å². The van der Waals surface area contributed by atoms with Crippen LogP contribution in [-0.4, -0.2) is 96.7 Å². The Hall–Kier alpha value is -1.94. The van der Waals surface area contributed by atoms with Crippen LogP contribution >= 0.6 is 15.6 Å². The Labute approximate surface area is 530 Å². The highest BCUT2D eigenvalue weighted by molar-refractivity contribution is 7.47. The summed E-state index contributed by atoms with van der Waals surface area (Å²) in [5.41, 5.74) is 0. The Bertz CT molecular complexity index is 1720. The summed E-state index contributed by atoms with van der Waals surface area (Å²) < 4.78 is 68.1. The van der Waals surface area contributed by atoms with Crippen LogP contribution in [0, 0.1) is 17.8 Å². The summed E-state index contributed by atoms with van der Waals surface area (Å²) in [6.45, 7) is 11.8. The van der Waals surface area contributed by atoms with Gasteiger partial charge >= 0.3 is 39.5 Å². The first-order chi connectivity index (χ1) is 41.8. The molecular weight excluding hydrogens is 1150 g/mol. The van der Waals surface area contributed by atoms with E-state index in [0.29, 0.717) is 25.7 Å². The van der Waals surface area contributed by atoms with Gasteiger partial charge in [0.05, 0.1) is 26.4 Å². The van der Waals surface area contributed by atoms with E-state index in [4.69, 9.17) is 37.0 Å². The molecule has 0 radical (unpaired) electrons. The SMILES string of the molecule is CCCCCCCCCC(=O)OC[C@H](COP(=O)(O)OC[C@H](O)COP(=O)(O)OC[C@@H](COC(=O)CCCCCCCCCCC(C)CC)OC(=O)CCCCCCCCCCCCCCCCCC(C)C)OC(=O)CCCCCCCCC(C)CC. The van der Waals surface area contributed by atoms with E-state index in [2.05, 4.69) is 48.5 Å². The molecule has 0 heterocycles. The first kappa shape index (κ1) is 85.1. The van der Waals surface area contributed by atoms with Crippen LogP contribution in [0.4, 0.5) is 0 Å². The summed E-state index contributed by atoms with van der Waals surface area (Å²) >= 11 is 0. The Morgan fingerprint density at radius 1 is 0.333 bits per heavy atom. The van der Waals surface area contributed by atoms with Crippen LogP contribution in [0.1, 0.15) is 337 Å². The first-order valence-corrected chi connectivity index (χ1v) is 38.4. The maximum absolute atomic E-state index is 13.0. The molecule has 0 aromatic carbocycles. The Morgan fingerprint density at radius 3 is 0.874 bits per heavy atom. The summed E-state index contributed by atoms with van der Waals surface area (Å²) in [4.78, 5) is 72.3. The molecule has 0 aliphatic heterocycles. The van der Waals surface area contributed by atoms with Crippen molar-refractivity contribution in [2.24, 2.45) is 17.8 Å². The molecule has 0 saturated carbocycles. The minimum atomic E-state index is -4.95. The third-order valence-electron chi connectivity index (χ3n) is 16.4. The van der Waals surface area contributed by atoms with Gasteiger partial charge in [-0.3, -0.25) is 37.3 Å². The monoisotopic (exact) mass is 1280 g/mol. The normalized spacial score (nSPS) is 14.9. The third-order valence-corrected chi connectivity index (χ3v) is 18.3. The number of unbranched alkanes of at least 4 members (excludes halogenated alkanes) is 32. The summed E-state index contributed by atoms with van der Waals surface area (Å²) in [6, 6.07) is 0. The number of esters is 4. The van der Waals surface area contributed by atoms with Gasteiger partial charge in [-0.15, -0.1) is 0 Å². The van der Waals surface area contributed by atoms with Crippen molar-refractivity contribution in [3.63, 3.8) is 0 Å². The summed E-state index contributed by atoms with van der Waals surface area (Å²) in [5.74, 6) is 0.164. The number of aliphatic hydroxyl groups excluding tert-OH is 1. The van der Waals surface area contributed by atoms with Gasteiger partial charge in [-0.1, -0.05) is 286 Å². The summed E-state index contributed by atoms with van der Waals surface area (Å²) in [6.07, 6.45) is 41.8. The molecule has 0 aliphatic rings. The van der Waals surface area contributed by atoms with Gasteiger partial charge in [-0.25, -0.2) is 9.13 Å². The van der Waals surface area contributed by atoms with Gasteiger partial charge in [0.1, 0.15) is 19.3 Å². The molecule has 3 N–H and O–H groups in total. The lowest BCUT2D eigenvalue weighted by Gasteiger charge is -2.21. The van der Waals surface area contributed by atoms with Crippen LogP contribution in [0.2, 0.25) is 0 Å². The summed E-state index contributed by atoms with van der Waals surface area (Å²) in [5, 5.41) is 10.6. The van der Waals surface area contributed by atoms with E-state index in [0.717, 1.165) is 120 Å². The largest absolute Gasteiger partial charge is 0.472 e. The zero-order chi connectivity index (χ0) is 64.5. The van der Waals surface area contributed by atoms with Gasteiger partial charge in [0.2, 0.25) is 0 Å². The number of carbonyl (C=O) groups is 4. The first-order valence-electron chi connectivity index (χ1n) is 35.4. The molecule has 0 aliphatic carbocycles. The Kier molecular flexibility index (Phi) is 57.8. The van der Waals surface area contributed by atoms with E-state index in [-0.39, 0.29) is 25.7 Å². The van der Waals surface area contributed by atoms with Crippen LogP contribution in [-0.2, 0) is 65.4 Å². The van der Waals surface area contributed by atoms with E-state index in [1.807, 2.05) is 0 Å². The second-order valence-electron chi connectivity index (χ2n) is 25.5. The number of rotatable bonds is 66. The van der Waals surface area contributed by atoms with E-state index < -0.39 is 97.5 Å². The number of carbonyl (C=O) groups excluding carboxylic acids is 4. The lowest BCUT2D eigenvalue weighted by atomic mass is 9.99. The molecule has 0 spiro atoms. The predicted molar refractivity (Wildman–Crippen MR) is 349 cm³/mol. The zero-order valence-corrected chi connectivity index (χ0v) is 58.3. The molecule has 17 nitrogen and oxygen atoms in total. The minimum absolute atomic E-state index is 0.102. The molecule has 0 bridgehead atoms. The van der Waals surface area contributed by atoms with Crippen LogP contribution in [0.5, 0.6) is 0 Å². The average molecular weight is 1280 g/mol. The molecule has 4 unspecified atom stereocenters. The van der Waals surface area contributed by atoms with Crippen molar-refractivity contribution < 1.29 is 80.2 Å². The minimum Gasteiger partial charge on any atom is -0.462 e. The van der Waals surface area contributed by atoms with Crippen molar-refractivity contribution in [1.29, 1.82) is 0 Å². The lowest BCUT2D eigenvalue weighted by Crippen LogP contribution is -2.30. The second-order valence-corrected chi connectivity index (χ2v) is 28.4. The fourth-order valence-electron chi connectivity index (χ4n) is 10.1. The van der Waals surface area contributed by atoms with Gasteiger partial charge < -0.3 is 33.8 Å². The van der Waals surface area contributed by atoms with E-state index >= 15 is 0 Å². The number of phosphoric acid groups is 2. The number of hydrogen-bond donors (Lipinski definition) is 3. The highest BCUT2D eigenvalue weighted by atomic mass is 31.2. The van der Waals surface area contributed by atoms with E-state index in [1.165, 1.54) is 135 Å². The number of phosphoric ester groups is 2. The number of aliphatic hydroxyl groups is 1. The standard InChI is InChI=1S/C68H132O17P2/c1-8-11-12-13-25-35-42-49-65(70)78-55-64(85-68(73)52-45-38-31-30-34-41-48-61(7)10-3)58-83-87(76,77)81-54-62(69)53-80-86(74,75)82-57-63(56-79-66(71)50-43-36-28-24-23-27-33-40-47-60(6)9-2)84-67(72)51-44-37-29-22-20-18-16-14-15-17-19-21-26-32-39-46-59(4)5/h59-64,69H,8-58H2,1-7H3,(H,74,75)(H,76,77)/t60?,61?,62-,63-,64-/m1/s1. The molecule has 0 fully saturated rings. The average Bonchev–Trinajstić information content (AvgIpc) is 3.69. The summed E-state index contributed by atoms with van der Waals surface area (Å²) in [7, 11) is -9.89. The molecule has 0 saturated heterocycles. The fraction of sp³-hybridized carbons (Fsp3) is 0.941. The molecule has 0 amide bonds. The maximum atomic E-state index is 13.0. The highest BCUT2D eigenvalue weighted by Gasteiger charge is 2.30. The van der Waals surface area contributed by atoms with Crippen LogP contribution in [0.15, 0.2) is 0 Å². The molecule has 0 rings (SSSR count). The quantitative estimate of drug-likeness (QED) is 0.0222. The van der Waals surface area contributed by atoms with Crippen LogP contribution in [0.3, 0.4) is 0 Å². The van der Waals surface area contributed by atoms with Gasteiger partial charge in [-0.2, -0.15) is 0 Å². The van der Waals surface area contributed by atoms with Gasteiger partial charge in [0, 0.05) is 25.7 Å². The Morgan fingerprint density at radius 2 is 0.586 bits per heavy atom. The van der Waals surface area contributed by atoms with Crippen molar-refractivity contribution in [1.82, 2.24) is 0 Å². The molecule has 7 atom stereocenters. The maximum Gasteiger partial charge on any atom is 0.472 e. The van der Waals surface area contributed by atoms with Crippen molar-refractivity contribution in [2.75, 3.05) is 39.6 Å². The van der Waals surface area contributed by atoms with Crippen molar-refractivity contribution in [3.05, 3.63) is 0 Å². The predicted octanol–water partition coefficient (Wildman–Crippen LogP) is 19.1.